The largest absolute Gasteiger partial charge is 0.378 e. The van der Waals surface area contributed by atoms with Gasteiger partial charge in [0.25, 0.3) is 0 Å². The molecule has 116 valence electrons. The van der Waals surface area contributed by atoms with Crippen molar-refractivity contribution < 1.29 is 9.53 Å². The molecule has 0 bridgehead atoms. The molecular formula is C16H24N2O2S. The van der Waals surface area contributed by atoms with Crippen molar-refractivity contribution in [1.29, 1.82) is 0 Å². The summed E-state index contributed by atoms with van der Waals surface area (Å²) in [6.45, 7) is 3.77. The lowest BCUT2D eigenvalue weighted by Gasteiger charge is -2.40. The summed E-state index contributed by atoms with van der Waals surface area (Å²) < 4.78 is 5.35. The zero-order chi connectivity index (χ0) is 14.5. The van der Waals surface area contributed by atoms with Crippen molar-refractivity contribution in [2.75, 3.05) is 32.8 Å². The second-order valence-corrected chi connectivity index (χ2v) is 6.88. The highest BCUT2D eigenvalue weighted by Gasteiger charge is 2.30. The van der Waals surface area contributed by atoms with Gasteiger partial charge in [-0.05, 0) is 43.6 Å². The van der Waals surface area contributed by atoms with Crippen molar-refractivity contribution in [3.05, 3.63) is 22.4 Å². The zero-order valence-electron chi connectivity index (χ0n) is 12.5. The molecule has 3 rings (SSSR count). The van der Waals surface area contributed by atoms with Crippen molar-refractivity contribution in [2.24, 2.45) is 0 Å². The van der Waals surface area contributed by atoms with Crippen LogP contribution in [0.2, 0.25) is 0 Å². The van der Waals surface area contributed by atoms with Gasteiger partial charge in [0.1, 0.15) is 0 Å². The first-order valence-electron chi connectivity index (χ1n) is 8.00. The Hall–Kier alpha value is -1.07. The normalized spacial score (nSPS) is 23.3. The van der Waals surface area contributed by atoms with Crippen LogP contribution in [-0.2, 0) is 11.2 Å². The van der Waals surface area contributed by atoms with Crippen LogP contribution in [0.4, 0.5) is 4.79 Å². The van der Waals surface area contributed by atoms with E-state index in [0.717, 1.165) is 45.3 Å². The predicted octanol–water partition coefficient (Wildman–Crippen LogP) is 2.99. The molecule has 2 aliphatic heterocycles. The van der Waals surface area contributed by atoms with Crippen molar-refractivity contribution in [1.82, 2.24) is 9.80 Å². The molecule has 4 nitrogen and oxygen atoms in total. The number of carbonyl (C=O) groups excluding carboxylic acids is 1. The molecule has 2 aliphatic rings. The average Bonchev–Trinajstić information content (AvgIpc) is 3.07. The van der Waals surface area contributed by atoms with Crippen LogP contribution < -0.4 is 0 Å². The van der Waals surface area contributed by atoms with Gasteiger partial charge in [-0.25, -0.2) is 4.79 Å². The van der Waals surface area contributed by atoms with Crippen LogP contribution in [0.15, 0.2) is 17.5 Å². The molecule has 0 N–H and O–H groups in total. The minimum absolute atomic E-state index is 0.231. The number of hydrogen-bond acceptors (Lipinski definition) is 3. The Morgan fingerprint density at radius 3 is 2.90 bits per heavy atom. The lowest BCUT2D eigenvalue weighted by atomic mass is 9.98. The molecule has 1 atom stereocenters. The molecular weight excluding hydrogens is 284 g/mol. The standard InChI is InChI=1S/C16H24N2O2S/c19-16(17-9-11-20-12-10-17)18-8-2-1-4-14(18)6-7-15-5-3-13-21-15/h3,5,13-14H,1-2,4,6-12H2. The first-order chi connectivity index (χ1) is 10.3. The molecule has 0 aromatic carbocycles. The molecule has 0 spiro atoms. The van der Waals surface area contributed by atoms with E-state index >= 15 is 0 Å². The first-order valence-corrected chi connectivity index (χ1v) is 8.88. The number of amides is 2. The van der Waals surface area contributed by atoms with Crippen molar-refractivity contribution in [2.45, 2.75) is 38.1 Å². The van der Waals surface area contributed by atoms with E-state index in [4.69, 9.17) is 4.74 Å². The summed E-state index contributed by atoms with van der Waals surface area (Å²) in [5, 5.41) is 2.13. The van der Waals surface area contributed by atoms with E-state index in [1.807, 2.05) is 16.2 Å². The Morgan fingerprint density at radius 2 is 2.14 bits per heavy atom. The summed E-state index contributed by atoms with van der Waals surface area (Å²) in [5.41, 5.74) is 0. The molecule has 0 radical (unpaired) electrons. The van der Waals surface area contributed by atoms with Crippen LogP contribution in [0.3, 0.4) is 0 Å². The maximum atomic E-state index is 12.7. The fraction of sp³-hybridized carbons (Fsp3) is 0.688. The Labute approximate surface area is 130 Å². The SMILES string of the molecule is O=C(N1CCOCC1)N1CCCCC1CCc1cccs1. The molecule has 1 aromatic rings. The third-order valence-electron chi connectivity index (χ3n) is 4.46. The number of morpholine rings is 1. The van der Waals surface area contributed by atoms with E-state index in [2.05, 4.69) is 22.4 Å². The minimum atomic E-state index is 0.231. The van der Waals surface area contributed by atoms with Gasteiger partial charge in [-0.1, -0.05) is 6.07 Å². The van der Waals surface area contributed by atoms with E-state index in [0.29, 0.717) is 19.3 Å². The van der Waals surface area contributed by atoms with Crippen LogP contribution >= 0.6 is 11.3 Å². The van der Waals surface area contributed by atoms with Gasteiger partial charge in [0.15, 0.2) is 0 Å². The van der Waals surface area contributed by atoms with Crippen LogP contribution in [0.1, 0.15) is 30.6 Å². The highest BCUT2D eigenvalue weighted by molar-refractivity contribution is 7.09. The quantitative estimate of drug-likeness (QED) is 0.860. The topological polar surface area (TPSA) is 32.8 Å². The summed E-state index contributed by atoms with van der Waals surface area (Å²) in [7, 11) is 0. The van der Waals surface area contributed by atoms with Crippen LogP contribution in [0.5, 0.6) is 0 Å². The van der Waals surface area contributed by atoms with Crippen LogP contribution in [0, 0.1) is 0 Å². The van der Waals surface area contributed by atoms with Gasteiger partial charge < -0.3 is 14.5 Å². The van der Waals surface area contributed by atoms with Gasteiger partial charge in [0.05, 0.1) is 13.2 Å². The summed E-state index contributed by atoms with van der Waals surface area (Å²) in [4.78, 5) is 18.2. The fourth-order valence-corrected chi connectivity index (χ4v) is 3.98. The predicted molar refractivity (Wildman–Crippen MR) is 84.8 cm³/mol. The highest BCUT2D eigenvalue weighted by Crippen LogP contribution is 2.24. The monoisotopic (exact) mass is 308 g/mol. The van der Waals surface area contributed by atoms with E-state index in [9.17, 15) is 4.79 Å². The van der Waals surface area contributed by atoms with Crippen LogP contribution in [-0.4, -0.2) is 54.7 Å². The Balaban J connectivity index is 1.59. The van der Waals surface area contributed by atoms with Crippen molar-refractivity contribution >= 4 is 17.4 Å². The van der Waals surface area contributed by atoms with Gasteiger partial charge in [-0.3, -0.25) is 0 Å². The number of aryl methyl sites for hydroxylation is 1. The number of nitrogens with zero attached hydrogens (tertiary/aromatic N) is 2. The number of rotatable bonds is 3. The second kappa shape index (κ2) is 7.27. The lowest BCUT2D eigenvalue weighted by molar-refractivity contribution is 0.0350. The highest BCUT2D eigenvalue weighted by atomic mass is 32.1. The summed E-state index contributed by atoms with van der Waals surface area (Å²) >= 11 is 1.82. The van der Waals surface area contributed by atoms with Gasteiger partial charge in [-0.2, -0.15) is 0 Å². The molecule has 3 heterocycles. The third kappa shape index (κ3) is 3.77. The molecule has 0 aliphatic carbocycles. The third-order valence-corrected chi connectivity index (χ3v) is 5.39. The Kier molecular flexibility index (Phi) is 5.14. The molecule has 2 fully saturated rings. The van der Waals surface area contributed by atoms with Gasteiger partial charge >= 0.3 is 6.03 Å². The number of thiophene rings is 1. The summed E-state index contributed by atoms with van der Waals surface area (Å²) in [5.74, 6) is 0. The molecule has 1 aromatic heterocycles. The maximum Gasteiger partial charge on any atom is 0.320 e. The van der Waals surface area contributed by atoms with Gasteiger partial charge in [0, 0.05) is 30.6 Å². The van der Waals surface area contributed by atoms with Crippen LogP contribution in [0.25, 0.3) is 0 Å². The van der Waals surface area contributed by atoms with E-state index < -0.39 is 0 Å². The molecule has 1 unspecified atom stereocenters. The lowest BCUT2D eigenvalue weighted by Crippen LogP contribution is -2.53. The van der Waals surface area contributed by atoms with Crippen molar-refractivity contribution in [3.8, 4) is 0 Å². The number of urea groups is 1. The average molecular weight is 308 g/mol. The smallest absolute Gasteiger partial charge is 0.320 e. The molecule has 21 heavy (non-hydrogen) atoms. The minimum Gasteiger partial charge on any atom is -0.378 e. The zero-order valence-corrected chi connectivity index (χ0v) is 13.3. The summed E-state index contributed by atoms with van der Waals surface area (Å²) in [6.07, 6.45) is 5.74. The second-order valence-electron chi connectivity index (χ2n) is 5.84. The molecule has 0 saturated carbocycles. The molecule has 5 heteroatoms. The van der Waals surface area contributed by atoms with Gasteiger partial charge in [0.2, 0.25) is 0 Å². The number of carbonyl (C=O) groups is 1. The molecule has 2 saturated heterocycles. The maximum absolute atomic E-state index is 12.7. The van der Waals surface area contributed by atoms with E-state index in [-0.39, 0.29) is 6.03 Å². The van der Waals surface area contributed by atoms with E-state index in [1.54, 1.807) is 0 Å². The summed E-state index contributed by atoms with van der Waals surface area (Å²) in [6, 6.07) is 4.95. The fourth-order valence-electron chi connectivity index (χ4n) is 3.25. The van der Waals surface area contributed by atoms with Crippen molar-refractivity contribution in [3.63, 3.8) is 0 Å². The molecule has 2 amide bonds. The Bertz CT molecular complexity index is 443. The van der Waals surface area contributed by atoms with E-state index in [1.165, 1.54) is 11.3 Å². The number of hydrogen-bond donors (Lipinski definition) is 0. The number of piperidine rings is 1. The number of ether oxygens (including phenoxy) is 1. The number of likely N-dealkylation sites (tertiary alicyclic amines) is 1. The first kappa shape index (κ1) is 14.9. The van der Waals surface area contributed by atoms with Gasteiger partial charge in [-0.15, -0.1) is 11.3 Å². The Morgan fingerprint density at radius 1 is 1.29 bits per heavy atom.